The van der Waals surface area contributed by atoms with Crippen LogP contribution in [0.1, 0.15) is 18.5 Å². The predicted molar refractivity (Wildman–Crippen MR) is 61.1 cm³/mol. The first kappa shape index (κ1) is 12.2. The van der Waals surface area contributed by atoms with Crippen LogP contribution in [0.4, 0.5) is 0 Å². The van der Waals surface area contributed by atoms with E-state index in [9.17, 15) is 0 Å². The minimum absolute atomic E-state index is 0.0827. The van der Waals surface area contributed by atoms with Gasteiger partial charge in [-0.1, -0.05) is 5.16 Å². The first-order chi connectivity index (χ1) is 8.31. The highest BCUT2D eigenvalue weighted by Crippen LogP contribution is 2.26. The molecule has 0 bridgehead atoms. The lowest BCUT2D eigenvalue weighted by atomic mass is 10.0. The Kier molecular flexibility index (Phi) is 4.21. The molecule has 0 radical (unpaired) electrons. The van der Waals surface area contributed by atoms with E-state index in [1.165, 1.54) is 11.8 Å². The van der Waals surface area contributed by atoms with Crippen molar-refractivity contribution in [2.75, 3.05) is 19.0 Å². The molecule has 0 saturated carbocycles. The topological polar surface area (TPSA) is 107 Å². The summed E-state index contributed by atoms with van der Waals surface area (Å²) in [6.07, 6.45) is 2.11. The van der Waals surface area contributed by atoms with Gasteiger partial charge in [-0.3, -0.25) is 0 Å². The number of aromatic nitrogens is 2. The molecule has 7 nitrogen and oxygen atoms in total. The maximum Gasteiger partial charge on any atom is 0.195 e. The van der Waals surface area contributed by atoms with E-state index in [-0.39, 0.29) is 5.84 Å². The van der Waals surface area contributed by atoms with Crippen molar-refractivity contribution in [2.24, 2.45) is 16.8 Å². The molecule has 8 heteroatoms. The summed E-state index contributed by atoms with van der Waals surface area (Å²) in [6.45, 7) is 1.63. The second kappa shape index (κ2) is 5.87. The van der Waals surface area contributed by atoms with Gasteiger partial charge in [0.2, 0.25) is 0 Å². The monoisotopic (exact) mass is 258 g/mol. The fourth-order valence-corrected chi connectivity index (χ4v) is 2.68. The van der Waals surface area contributed by atoms with Crippen molar-refractivity contribution < 1.29 is 14.6 Å². The maximum absolute atomic E-state index is 8.58. The lowest BCUT2D eigenvalue weighted by Gasteiger charge is -2.20. The predicted octanol–water partition coefficient (Wildman–Crippen LogP) is 0.683. The minimum atomic E-state index is -0.0827. The first-order valence-electron chi connectivity index (χ1n) is 5.32. The number of oxime groups is 1. The molecule has 0 aromatic carbocycles. The number of hydrogen-bond acceptors (Lipinski definition) is 7. The molecule has 1 fully saturated rings. The molecule has 0 aliphatic carbocycles. The van der Waals surface area contributed by atoms with E-state index in [4.69, 9.17) is 15.7 Å². The molecule has 0 spiro atoms. The van der Waals surface area contributed by atoms with Crippen LogP contribution in [0.15, 0.2) is 14.8 Å². The zero-order valence-corrected chi connectivity index (χ0v) is 10.0. The van der Waals surface area contributed by atoms with Gasteiger partial charge in [0, 0.05) is 19.0 Å². The summed E-state index contributed by atoms with van der Waals surface area (Å²) in [4.78, 5) is 0. The van der Waals surface area contributed by atoms with Gasteiger partial charge in [-0.25, -0.2) is 4.63 Å². The highest BCUT2D eigenvalue weighted by atomic mass is 32.2. The number of ether oxygens (including phenoxy) is 1. The van der Waals surface area contributed by atoms with Crippen LogP contribution in [0, 0.1) is 5.92 Å². The summed E-state index contributed by atoms with van der Waals surface area (Å²) < 4.78 is 9.88. The SMILES string of the molecule is N/C(=N\O)c1nonc1SCC1CCOCC1. The van der Waals surface area contributed by atoms with Crippen molar-refractivity contribution in [1.82, 2.24) is 10.3 Å². The third kappa shape index (κ3) is 3.10. The molecule has 0 unspecified atom stereocenters. The molecule has 1 aliphatic heterocycles. The van der Waals surface area contributed by atoms with Gasteiger partial charge in [0.05, 0.1) is 0 Å². The molecule has 0 amide bonds. The van der Waals surface area contributed by atoms with Crippen LogP contribution >= 0.6 is 11.8 Å². The molecular formula is C9H14N4O3S. The Morgan fingerprint density at radius 3 is 2.94 bits per heavy atom. The summed E-state index contributed by atoms with van der Waals surface area (Å²) in [5, 5.41) is 19.4. The van der Waals surface area contributed by atoms with Crippen LogP contribution in [-0.4, -0.2) is 40.3 Å². The van der Waals surface area contributed by atoms with Crippen molar-refractivity contribution in [2.45, 2.75) is 17.9 Å². The summed E-state index contributed by atoms with van der Waals surface area (Å²) in [5.41, 5.74) is 5.75. The number of nitrogens with zero attached hydrogens (tertiary/aromatic N) is 3. The largest absolute Gasteiger partial charge is 0.409 e. The number of amidine groups is 1. The van der Waals surface area contributed by atoms with Gasteiger partial charge in [-0.05, 0) is 29.1 Å². The molecule has 1 aromatic rings. The van der Waals surface area contributed by atoms with Crippen molar-refractivity contribution in [3.63, 3.8) is 0 Å². The molecule has 1 saturated heterocycles. The minimum Gasteiger partial charge on any atom is -0.409 e. The first-order valence-corrected chi connectivity index (χ1v) is 6.31. The lowest BCUT2D eigenvalue weighted by molar-refractivity contribution is 0.0728. The number of rotatable bonds is 4. The average Bonchev–Trinajstić information content (AvgIpc) is 2.85. The van der Waals surface area contributed by atoms with E-state index in [2.05, 4.69) is 20.1 Å². The fraction of sp³-hybridized carbons (Fsp3) is 0.667. The molecule has 0 atom stereocenters. The number of nitrogens with two attached hydrogens (primary N) is 1. The Morgan fingerprint density at radius 1 is 1.47 bits per heavy atom. The zero-order chi connectivity index (χ0) is 12.1. The Bertz CT molecular complexity index is 389. The normalized spacial score (nSPS) is 18.5. The van der Waals surface area contributed by atoms with E-state index < -0.39 is 0 Å². The van der Waals surface area contributed by atoms with E-state index >= 15 is 0 Å². The van der Waals surface area contributed by atoms with Crippen molar-refractivity contribution in [1.29, 1.82) is 0 Å². The summed E-state index contributed by atoms with van der Waals surface area (Å²) in [6, 6.07) is 0. The number of hydrogen-bond donors (Lipinski definition) is 2. The second-order valence-electron chi connectivity index (χ2n) is 3.77. The van der Waals surface area contributed by atoms with Crippen LogP contribution in [0.5, 0.6) is 0 Å². The summed E-state index contributed by atoms with van der Waals surface area (Å²) in [7, 11) is 0. The van der Waals surface area contributed by atoms with Gasteiger partial charge >= 0.3 is 0 Å². The van der Waals surface area contributed by atoms with E-state index in [1.54, 1.807) is 0 Å². The maximum atomic E-state index is 8.58. The molecule has 3 N–H and O–H groups in total. The highest BCUT2D eigenvalue weighted by molar-refractivity contribution is 7.99. The van der Waals surface area contributed by atoms with E-state index in [0.717, 1.165) is 31.8 Å². The molecule has 17 heavy (non-hydrogen) atoms. The van der Waals surface area contributed by atoms with Crippen molar-refractivity contribution in [3.8, 4) is 0 Å². The van der Waals surface area contributed by atoms with Gasteiger partial charge < -0.3 is 15.7 Å². The van der Waals surface area contributed by atoms with Gasteiger partial charge in [-0.15, -0.1) is 11.8 Å². The van der Waals surface area contributed by atoms with Crippen molar-refractivity contribution >= 4 is 17.6 Å². The van der Waals surface area contributed by atoms with Crippen LogP contribution in [0.25, 0.3) is 0 Å². The van der Waals surface area contributed by atoms with E-state index in [1.807, 2.05) is 0 Å². The molecule has 1 aliphatic rings. The van der Waals surface area contributed by atoms with Crippen LogP contribution < -0.4 is 5.73 Å². The quantitative estimate of drug-likeness (QED) is 0.269. The Labute approximate surface area is 102 Å². The van der Waals surface area contributed by atoms with Crippen LogP contribution in [0.3, 0.4) is 0 Å². The van der Waals surface area contributed by atoms with Crippen LogP contribution in [-0.2, 0) is 4.74 Å². The molecule has 94 valence electrons. The van der Waals surface area contributed by atoms with E-state index in [0.29, 0.717) is 16.6 Å². The standard InChI is InChI=1S/C9H14N4O3S/c10-8(11-14)7-9(13-16-12-7)17-5-6-1-3-15-4-2-6/h6,14H,1-5H2,(H2,10,11). The summed E-state index contributed by atoms with van der Waals surface area (Å²) >= 11 is 1.51. The Morgan fingerprint density at radius 2 is 2.24 bits per heavy atom. The van der Waals surface area contributed by atoms with Gasteiger partial charge in [-0.2, -0.15) is 0 Å². The smallest absolute Gasteiger partial charge is 0.195 e. The highest BCUT2D eigenvalue weighted by Gasteiger charge is 2.19. The number of thioether (sulfide) groups is 1. The van der Waals surface area contributed by atoms with Crippen molar-refractivity contribution in [3.05, 3.63) is 5.69 Å². The molecular weight excluding hydrogens is 244 g/mol. The fourth-order valence-electron chi connectivity index (χ4n) is 1.59. The molecule has 1 aromatic heterocycles. The van der Waals surface area contributed by atoms with Gasteiger partial charge in [0.1, 0.15) is 0 Å². The second-order valence-corrected chi connectivity index (χ2v) is 4.78. The van der Waals surface area contributed by atoms with Gasteiger partial charge in [0.25, 0.3) is 0 Å². The lowest BCUT2D eigenvalue weighted by Crippen LogP contribution is -2.18. The van der Waals surface area contributed by atoms with Gasteiger partial charge in [0.15, 0.2) is 16.6 Å². The zero-order valence-electron chi connectivity index (χ0n) is 9.20. The third-order valence-electron chi connectivity index (χ3n) is 2.61. The van der Waals surface area contributed by atoms with Crippen LogP contribution in [0.2, 0.25) is 0 Å². The molecule has 2 heterocycles. The average molecular weight is 258 g/mol. The Hall–Kier alpha value is -1.28. The Balaban J connectivity index is 1.92. The third-order valence-corrected chi connectivity index (χ3v) is 3.78. The summed E-state index contributed by atoms with van der Waals surface area (Å²) in [5.74, 6) is 1.43. The molecule has 2 rings (SSSR count).